The summed E-state index contributed by atoms with van der Waals surface area (Å²) >= 11 is 0. The molecule has 8 heteroatoms. The highest BCUT2D eigenvalue weighted by atomic mass is 16.5. The average Bonchev–Trinajstić information content (AvgIpc) is 2.79. The molecule has 1 amide bonds. The molecule has 1 aromatic heterocycles. The van der Waals surface area contributed by atoms with E-state index in [2.05, 4.69) is 32.8 Å². The maximum atomic E-state index is 12.9. The molecule has 2 fully saturated rings. The summed E-state index contributed by atoms with van der Waals surface area (Å²) in [5.74, 6) is 2.62. The van der Waals surface area contributed by atoms with E-state index in [0.29, 0.717) is 25.3 Å². The Morgan fingerprint density at radius 1 is 0.935 bits per heavy atom. The fourth-order valence-electron chi connectivity index (χ4n) is 4.03. The molecule has 8 nitrogen and oxygen atoms in total. The van der Waals surface area contributed by atoms with Crippen molar-refractivity contribution >= 4 is 17.7 Å². The largest absolute Gasteiger partial charge is 0.494 e. The number of hydrogen-bond donors (Lipinski definition) is 0. The van der Waals surface area contributed by atoms with Crippen molar-refractivity contribution in [2.24, 2.45) is 0 Å². The Morgan fingerprint density at radius 2 is 1.58 bits per heavy atom. The molecular weight excluding hydrogens is 392 g/mol. The first-order valence-corrected chi connectivity index (χ1v) is 11.1. The van der Waals surface area contributed by atoms with Gasteiger partial charge in [0.25, 0.3) is 5.91 Å². The minimum atomic E-state index is 0.0611. The fourth-order valence-corrected chi connectivity index (χ4v) is 4.03. The van der Waals surface area contributed by atoms with Crippen LogP contribution < -0.4 is 14.5 Å². The van der Waals surface area contributed by atoms with Gasteiger partial charge in [-0.15, -0.1) is 0 Å². The number of aromatic nitrogens is 2. The summed E-state index contributed by atoms with van der Waals surface area (Å²) < 4.78 is 5.47. The topological polar surface area (TPSA) is 65.0 Å². The van der Waals surface area contributed by atoms with E-state index in [4.69, 9.17) is 9.72 Å². The quantitative estimate of drug-likeness (QED) is 0.726. The first-order valence-electron chi connectivity index (χ1n) is 11.1. The van der Waals surface area contributed by atoms with Crippen molar-refractivity contribution in [1.29, 1.82) is 0 Å². The van der Waals surface area contributed by atoms with Crippen LogP contribution in [0.15, 0.2) is 30.3 Å². The highest BCUT2D eigenvalue weighted by molar-refractivity contribution is 5.94. The third kappa shape index (κ3) is 5.07. The van der Waals surface area contributed by atoms with E-state index in [-0.39, 0.29) is 5.91 Å². The number of carbonyl (C=O) groups excluding carboxylic acids is 1. The van der Waals surface area contributed by atoms with E-state index in [9.17, 15) is 4.79 Å². The molecule has 4 rings (SSSR count). The van der Waals surface area contributed by atoms with Crippen molar-refractivity contribution in [3.63, 3.8) is 0 Å². The maximum Gasteiger partial charge on any atom is 0.253 e. The smallest absolute Gasteiger partial charge is 0.253 e. The lowest BCUT2D eigenvalue weighted by atomic mass is 10.1. The summed E-state index contributed by atoms with van der Waals surface area (Å²) in [6.07, 6.45) is 0. The van der Waals surface area contributed by atoms with Crippen LogP contribution in [-0.2, 0) is 0 Å². The molecule has 0 saturated carbocycles. The van der Waals surface area contributed by atoms with Gasteiger partial charge in [0.05, 0.1) is 6.61 Å². The number of rotatable bonds is 5. The molecular formula is C23H32N6O2. The van der Waals surface area contributed by atoms with Crippen LogP contribution in [0.25, 0.3) is 0 Å². The number of ether oxygens (including phenoxy) is 1. The summed E-state index contributed by atoms with van der Waals surface area (Å²) in [6.45, 7) is 11.4. The zero-order chi connectivity index (χ0) is 21.8. The molecule has 2 aliphatic rings. The molecule has 2 aromatic rings. The average molecular weight is 425 g/mol. The van der Waals surface area contributed by atoms with Crippen molar-refractivity contribution in [2.45, 2.75) is 13.8 Å². The lowest BCUT2D eigenvalue weighted by Gasteiger charge is -2.36. The van der Waals surface area contributed by atoms with Crippen molar-refractivity contribution in [1.82, 2.24) is 19.8 Å². The van der Waals surface area contributed by atoms with E-state index >= 15 is 0 Å². The van der Waals surface area contributed by atoms with Gasteiger partial charge in [-0.2, -0.15) is 4.98 Å². The van der Waals surface area contributed by atoms with Gasteiger partial charge in [-0.05, 0) is 45.2 Å². The Hall–Kier alpha value is -2.87. The highest BCUT2D eigenvalue weighted by Gasteiger charge is 2.25. The summed E-state index contributed by atoms with van der Waals surface area (Å²) in [4.78, 5) is 31.2. The van der Waals surface area contributed by atoms with Crippen LogP contribution in [0.4, 0.5) is 11.8 Å². The molecule has 31 heavy (non-hydrogen) atoms. The van der Waals surface area contributed by atoms with Crippen LogP contribution in [0, 0.1) is 6.92 Å². The van der Waals surface area contributed by atoms with E-state index < -0.39 is 0 Å². The zero-order valence-electron chi connectivity index (χ0n) is 18.8. The van der Waals surface area contributed by atoms with Gasteiger partial charge < -0.3 is 24.3 Å². The highest BCUT2D eigenvalue weighted by Crippen LogP contribution is 2.21. The van der Waals surface area contributed by atoms with Gasteiger partial charge in [0.15, 0.2) is 0 Å². The lowest BCUT2D eigenvalue weighted by Crippen LogP contribution is -2.49. The number of aryl methyl sites for hydroxylation is 1. The third-order valence-corrected chi connectivity index (χ3v) is 5.92. The van der Waals surface area contributed by atoms with Crippen LogP contribution in [-0.4, -0.2) is 91.7 Å². The lowest BCUT2D eigenvalue weighted by molar-refractivity contribution is 0.0746. The van der Waals surface area contributed by atoms with Crippen LogP contribution in [0.1, 0.15) is 23.0 Å². The molecule has 0 spiro atoms. The summed E-state index contributed by atoms with van der Waals surface area (Å²) in [7, 11) is 2.15. The second kappa shape index (κ2) is 9.51. The molecule has 0 unspecified atom stereocenters. The summed E-state index contributed by atoms with van der Waals surface area (Å²) in [5.41, 5.74) is 1.67. The SMILES string of the molecule is CCOc1ccc(C(=O)N2CCN(c3nc(C)cc(N4CCN(C)CC4)n3)CC2)cc1. The Morgan fingerprint density at radius 3 is 2.23 bits per heavy atom. The predicted molar refractivity (Wildman–Crippen MR) is 122 cm³/mol. The normalized spacial score (nSPS) is 17.7. The first-order chi connectivity index (χ1) is 15.0. The minimum absolute atomic E-state index is 0.0611. The van der Waals surface area contributed by atoms with Gasteiger partial charge in [0, 0.05) is 69.7 Å². The fraction of sp³-hybridized carbons (Fsp3) is 0.522. The zero-order valence-corrected chi connectivity index (χ0v) is 18.8. The number of likely N-dealkylation sites (N-methyl/N-ethyl adjacent to an activating group) is 1. The number of piperazine rings is 2. The van der Waals surface area contributed by atoms with Crippen molar-refractivity contribution in [2.75, 3.05) is 75.8 Å². The minimum Gasteiger partial charge on any atom is -0.494 e. The van der Waals surface area contributed by atoms with Crippen molar-refractivity contribution in [3.8, 4) is 5.75 Å². The van der Waals surface area contributed by atoms with Gasteiger partial charge in [-0.1, -0.05) is 0 Å². The van der Waals surface area contributed by atoms with Crippen LogP contribution in [0.5, 0.6) is 5.75 Å². The van der Waals surface area contributed by atoms with Gasteiger partial charge in [-0.3, -0.25) is 4.79 Å². The molecule has 0 atom stereocenters. The second-order valence-electron chi connectivity index (χ2n) is 8.19. The van der Waals surface area contributed by atoms with E-state index in [1.54, 1.807) is 0 Å². The number of nitrogens with zero attached hydrogens (tertiary/aromatic N) is 6. The number of hydrogen-bond acceptors (Lipinski definition) is 7. The predicted octanol–water partition coefficient (Wildman–Crippen LogP) is 1.90. The maximum absolute atomic E-state index is 12.9. The Kier molecular flexibility index (Phi) is 6.56. The molecule has 3 heterocycles. The molecule has 0 N–H and O–H groups in total. The molecule has 166 valence electrons. The molecule has 0 aliphatic carbocycles. The molecule has 1 aromatic carbocycles. The van der Waals surface area contributed by atoms with Crippen LogP contribution >= 0.6 is 0 Å². The van der Waals surface area contributed by atoms with E-state index in [1.807, 2.05) is 43.0 Å². The molecule has 0 bridgehead atoms. The molecule has 0 radical (unpaired) electrons. The van der Waals surface area contributed by atoms with E-state index in [0.717, 1.165) is 62.5 Å². The first kappa shape index (κ1) is 21.4. The third-order valence-electron chi connectivity index (χ3n) is 5.92. The van der Waals surface area contributed by atoms with Crippen LogP contribution in [0.3, 0.4) is 0 Å². The number of carbonyl (C=O) groups is 1. The van der Waals surface area contributed by atoms with Crippen LogP contribution in [0.2, 0.25) is 0 Å². The van der Waals surface area contributed by atoms with Gasteiger partial charge in [0.1, 0.15) is 11.6 Å². The molecule has 2 saturated heterocycles. The van der Waals surface area contributed by atoms with E-state index in [1.165, 1.54) is 0 Å². The molecule has 2 aliphatic heterocycles. The van der Waals surface area contributed by atoms with Gasteiger partial charge in [-0.25, -0.2) is 4.98 Å². The summed E-state index contributed by atoms with van der Waals surface area (Å²) in [6, 6.07) is 9.46. The van der Waals surface area contributed by atoms with Gasteiger partial charge >= 0.3 is 0 Å². The Bertz CT molecular complexity index is 887. The Labute approximate surface area is 184 Å². The van der Waals surface area contributed by atoms with Crippen molar-refractivity contribution in [3.05, 3.63) is 41.6 Å². The number of benzene rings is 1. The summed E-state index contributed by atoms with van der Waals surface area (Å²) in [5, 5.41) is 0. The van der Waals surface area contributed by atoms with Crippen molar-refractivity contribution < 1.29 is 9.53 Å². The monoisotopic (exact) mass is 424 g/mol. The number of anilines is 2. The van der Waals surface area contributed by atoms with Gasteiger partial charge in [0.2, 0.25) is 5.95 Å². The standard InChI is InChI=1S/C23H32N6O2/c1-4-31-20-7-5-19(6-8-20)22(30)28-13-15-29(16-14-28)23-24-18(2)17-21(25-23)27-11-9-26(3)10-12-27/h5-8,17H,4,9-16H2,1-3H3. The second-order valence-corrected chi connectivity index (χ2v) is 8.19. The number of amides is 1. The Balaban J connectivity index is 1.38.